The second-order valence-electron chi connectivity index (χ2n) is 6.36. The zero-order chi connectivity index (χ0) is 16.1. The van der Waals surface area contributed by atoms with Gasteiger partial charge in [0, 0.05) is 10.9 Å². The maximum atomic E-state index is 12.4. The van der Waals surface area contributed by atoms with E-state index in [-0.39, 0.29) is 5.91 Å². The zero-order valence-electron chi connectivity index (χ0n) is 13.3. The molecule has 1 saturated carbocycles. The molecule has 5 heteroatoms. The molecule has 1 N–H and O–H groups in total. The van der Waals surface area contributed by atoms with Gasteiger partial charge in [0.25, 0.3) is 0 Å². The number of nitrogens with one attached hydrogen (secondary N) is 1. The summed E-state index contributed by atoms with van der Waals surface area (Å²) in [5, 5.41) is 11.8. The lowest BCUT2D eigenvalue weighted by Gasteiger charge is -2.31. The number of carbonyl (C=O) groups is 1. The summed E-state index contributed by atoms with van der Waals surface area (Å²) in [4.78, 5) is 15.8. The molecule has 0 radical (unpaired) electrons. The Balaban J connectivity index is 1.58. The Hall–Kier alpha value is -1.51. The second-order valence-corrected chi connectivity index (χ2v) is 7.38. The van der Waals surface area contributed by atoms with Gasteiger partial charge in [-0.1, -0.05) is 25.0 Å². The van der Waals surface area contributed by atoms with Gasteiger partial charge in [0.1, 0.15) is 0 Å². The van der Waals surface area contributed by atoms with E-state index in [2.05, 4.69) is 16.3 Å². The fourth-order valence-corrected chi connectivity index (χ4v) is 4.55. The fraction of sp³-hybridized carbons (Fsp3) is 0.556. The van der Waals surface area contributed by atoms with Gasteiger partial charge in [-0.2, -0.15) is 5.26 Å². The van der Waals surface area contributed by atoms with E-state index in [9.17, 15) is 4.79 Å². The van der Waals surface area contributed by atoms with Crippen LogP contribution in [-0.4, -0.2) is 35.7 Å². The third-order valence-corrected chi connectivity index (χ3v) is 5.87. The number of carbonyl (C=O) groups excluding carboxylic acids is 1. The van der Waals surface area contributed by atoms with Crippen LogP contribution in [0.2, 0.25) is 0 Å². The number of hydrogen-bond acceptors (Lipinski definition) is 4. The van der Waals surface area contributed by atoms with Crippen LogP contribution in [-0.2, 0) is 4.79 Å². The molecular formula is C18H23N3OS. The molecule has 2 aliphatic rings. The van der Waals surface area contributed by atoms with E-state index in [1.54, 1.807) is 0 Å². The van der Waals surface area contributed by atoms with Crippen LogP contribution in [0.5, 0.6) is 0 Å². The van der Waals surface area contributed by atoms with Gasteiger partial charge in [-0.25, -0.2) is 0 Å². The molecule has 2 fully saturated rings. The van der Waals surface area contributed by atoms with Crippen molar-refractivity contribution in [2.45, 2.75) is 43.0 Å². The van der Waals surface area contributed by atoms with E-state index in [1.165, 1.54) is 43.9 Å². The number of rotatable bonds is 5. The SMILES string of the molecule is N#CCSc1ccccc1NC(=O)CN1CCC2CCCCC21. The lowest BCUT2D eigenvalue weighted by Crippen LogP contribution is -2.39. The van der Waals surface area contributed by atoms with Gasteiger partial charge in [-0.3, -0.25) is 9.69 Å². The normalized spacial score (nSPS) is 24.0. The molecule has 2 atom stereocenters. The summed E-state index contributed by atoms with van der Waals surface area (Å²) in [5.74, 6) is 1.25. The Bertz CT molecular complexity index is 598. The van der Waals surface area contributed by atoms with Gasteiger partial charge in [0.05, 0.1) is 24.1 Å². The Kier molecular flexibility index (Phi) is 5.58. The van der Waals surface area contributed by atoms with E-state index in [1.807, 2.05) is 24.3 Å². The molecule has 3 rings (SSSR count). The average Bonchev–Trinajstić information content (AvgIpc) is 2.97. The predicted octanol–water partition coefficient (Wildman–Crippen LogP) is 3.51. The maximum absolute atomic E-state index is 12.4. The summed E-state index contributed by atoms with van der Waals surface area (Å²) >= 11 is 1.46. The number of benzene rings is 1. The van der Waals surface area contributed by atoms with Gasteiger partial charge >= 0.3 is 0 Å². The monoisotopic (exact) mass is 329 g/mol. The Morgan fingerprint density at radius 2 is 2.13 bits per heavy atom. The van der Waals surface area contributed by atoms with Crippen molar-refractivity contribution in [3.63, 3.8) is 0 Å². The van der Waals surface area contributed by atoms with Crippen LogP contribution in [0, 0.1) is 17.2 Å². The summed E-state index contributed by atoms with van der Waals surface area (Å²) in [7, 11) is 0. The highest BCUT2D eigenvalue weighted by molar-refractivity contribution is 7.99. The lowest BCUT2D eigenvalue weighted by molar-refractivity contribution is -0.117. The number of amides is 1. The van der Waals surface area contributed by atoms with Crippen molar-refractivity contribution >= 4 is 23.4 Å². The molecule has 1 aromatic rings. The van der Waals surface area contributed by atoms with Gasteiger partial charge < -0.3 is 5.32 Å². The number of para-hydroxylation sites is 1. The summed E-state index contributed by atoms with van der Waals surface area (Å²) in [6, 6.07) is 10.4. The lowest BCUT2D eigenvalue weighted by atomic mass is 9.85. The average molecular weight is 329 g/mol. The van der Waals surface area contributed by atoms with Crippen LogP contribution >= 0.6 is 11.8 Å². The van der Waals surface area contributed by atoms with E-state index in [0.717, 1.165) is 23.0 Å². The highest BCUT2D eigenvalue weighted by atomic mass is 32.2. The molecule has 1 amide bonds. The molecule has 4 nitrogen and oxygen atoms in total. The summed E-state index contributed by atoms with van der Waals surface area (Å²) in [6.07, 6.45) is 6.47. The number of thioether (sulfide) groups is 1. The van der Waals surface area contributed by atoms with Crippen LogP contribution in [0.25, 0.3) is 0 Å². The smallest absolute Gasteiger partial charge is 0.238 e. The first-order valence-corrected chi connectivity index (χ1v) is 9.39. The molecule has 0 spiro atoms. The topological polar surface area (TPSA) is 56.1 Å². The fourth-order valence-electron chi connectivity index (χ4n) is 3.88. The standard InChI is InChI=1S/C18H23N3OS/c19-10-12-23-17-8-4-2-6-15(17)20-18(22)13-21-11-9-14-5-1-3-7-16(14)21/h2,4,6,8,14,16H,1,3,5,7,9,11-13H2,(H,20,22). The molecule has 23 heavy (non-hydrogen) atoms. The predicted molar refractivity (Wildman–Crippen MR) is 93.3 cm³/mol. The van der Waals surface area contributed by atoms with Crippen molar-refractivity contribution in [2.24, 2.45) is 5.92 Å². The molecule has 1 aliphatic carbocycles. The van der Waals surface area contributed by atoms with E-state index >= 15 is 0 Å². The van der Waals surface area contributed by atoms with Crippen molar-refractivity contribution in [2.75, 3.05) is 24.2 Å². The third kappa shape index (κ3) is 4.07. The minimum absolute atomic E-state index is 0.0567. The van der Waals surface area contributed by atoms with Crippen molar-refractivity contribution in [3.05, 3.63) is 24.3 Å². The first-order valence-electron chi connectivity index (χ1n) is 8.40. The van der Waals surface area contributed by atoms with Gasteiger partial charge in [-0.15, -0.1) is 11.8 Å². The van der Waals surface area contributed by atoms with Crippen molar-refractivity contribution in [3.8, 4) is 6.07 Å². The molecule has 122 valence electrons. The van der Waals surface area contributed by atoms with Gasteiger partial charge in [0.15, 0.2) is 0 Å². The number of hydrogen-bond donors (Lipinski definition) is 1. The largest absolute Gasteiger partial charge is 0.324 e. The zero-order valence-corrected chi connectivity index (χ0v) is 14.1. The molecule has 0 bridgehead atoms. The van der Waals surface area contributed by atoms with Gasteiger partial charge in [0.2, 0.25) is 5.91 Å². The molecule has 1 aromatic carbocycles. The number of nitriles is 1. The van der Waals surface area contributed by atoms with Crippen LogP contribution in [0.1, 0.15) is 32.1 Å². The molecule has 0 aromatic heterocycles. The first kappa shape index (κ1) is 16.4. The van der Waals surface area contributed by atoms with Crippen molar-refractivity contribution < 1.29 is 4.79 Å². The Morgan fingerprint density at radius 1 is 1.30 bits per heavy atom. The van der Waals surface area contributed by atoms with E-state index in [0.29, 0.717) is 18.3 Å². The maximum Gasteiger partial charge on any atom is 0.238 e. The van der Waals surface area contributed by atoms with E-state index < -0.39 is 0 Å². The number of anilines is 1. The number of nitrogens with zero attached hydrogens (tertiary/aromatic N) is 2. The highest BCUT2D eigenvalue weighted by Gasteiger charge is 2.36. The number of likely N-dealkylation sites (tertiary alicyclic amines) is 1. The van der Waals surface area contributed by atoms with Crippen LogP contribution in [0.15, 0.2) is 29.2 Å². The highest BCUT2D eigenvalue weighted by Crippen LogP contribution is 2.36. The van der Waals surface area contributed by atoms with Gasteiger partial charge in [-0.05, 0) is 43.9 Å². The van der Waals surface area contributed by atoms with E-state index in [4.69, 9.17) is 5.26 Å². The minimum atomic E-state index is 0.0567. The molecule has 1 heterocycles. The summed E-state index contributed by atoms with van der Waals surface area (Å²) in [6.45, 7) is 1.53. The Labute approximate surface area is 142 Å². The van der Waals surface area contributed by atoms with Crippen LogP contribution in [0.3, 0.4) is 0 Å². The molecule has 1 aliphatic heterocycles. The van der Waals surface area contributed by atoms with Crippen LogP contribution in [0.4, 0.5) is 5.69 Å². The third-order valence-electron chi connectivity index (χ3n) is 4.93. The minimum Gasteiger partial charge on any atom is -0.324 e. The summed E-state index contributed by atoms with van der Waals surface area (Å²) in [5.41, 5.74) is 0.817. The Morgan fingerprint density at radius 3 is 3.00 bits per heavy atom. The number of fused-ring (bicyclic) bond motifs is 1. The summed E-state index contributed by atoms with van der Waals surface area (Å²) < 4.78 is 0. The second kappa shape index (κ2) is 7.85. The molecule has 1 saturated heterocycles. The van der Waals surface area contributed by atoms with Crippen molar-refractivity contribution in [1.82, 2.24) is 4.90 Å². The first-order chi connectivity index (χ1) is 11.3. The van der Waals surface area contributed by atoms with Crippen molar-refractivity contribution in [1.29, 1.82) is 5.26 Å². The quantitative estimate of drug-likeness (QED) is 0.840. The molecular weight excluding hydrogens is 306 g/mol. The molecule has 2 unspecified atom stereocenters. The van der Waals surface area contributed by atoms with Crippen LogP contribution < -0.4 is 5.32 Å².